The van der Waals surface area contributed by atoms with Crippen molar-refractivity contribution in [3.05, 3.63) is 72.3 Å². The summed E-state index contributed by atoms with van der Waals surface area (Å²) in [5, 5.41) is 9.09. The Morgan fingerprint density at radius 2 is 1.70 bits per heavy atom. The first-order valence-corrected chi connectivity index (χ1v) is 8.41. The lowest BCUT2D eigenvalue weighted by molar-refractivity contribution is 0.601. The van der Waals surface area contributed by atoms with E-state index in [1.165, 1.54) is 12.1 Å². The zero-order chi connectivity index (χ0) is 16.4. The number of nitrogen functional groups attached to an aromatic ring is 1. The second-order valence-electron chi connectivity index (χ2n) is 5.07. The Morgan fingerprint density at radius 1 is 0.957 bits per heavy atom. The van der Waals surface area contributed by atoms with Gasteiger partial charge in [-0.05, 0) is 29.7 Å². The van der Waals surface area contributed by atoms with Crippen molar-refractivity contribution in [3.63, 3.8) is 0 Å². The van der Waals surface area contributed by atoms with E-state index in [1.807, 2.05) is 12.1 Å². The quantitative estimate of drug-likeness (QED) is 0.508. The highest BCUT2D eigenvalue weighted by Gasteiger charge is 2.15. The smallest absolute Gasteiger partial charge is 0.261 e. The van der Waals surface area contributed by atoms with Crippen molar-refractivity contribution in [1.82, 2.24) is 0 Å². The number of amidine groups is 1. The van der Waals surface area contributed by atoms with E-state index in [2.05, 4.69) is 4.72 Å². The highest BCUT2D eigenvalue weighted by atomic mass is 32.2. The van der Waals surface area contributed by atoms with Gasteiger partial charge in [-0.15, -0.1) is 0 Å². The lowest BCUT2D eigenvalue weighted by atomic mass is 10.1. The zero-order valence-corrected chi connectivity index (χ0v) is 13.0. The maximum Gasteiger partial charge on any atom is 0.261 e. The molecule has 116 valence electrons. The molecule has 0 fully saturated rings. The van der Waals surface area contributed by atoms with Crippen LogP contribution >= 0.6 is 0 Å². The Morgan fingerprint density at radius 3 is 2.39 bits per heavy atom. The van der Waals surface area contributed by atoms with E-state index in [9.17, 15) is 8.42 Å². The highest BCUT2D eigenvalue weighted by molar-refractivity contribution is 7.92. The van der Waals surface area contributed by atoms with Crippen LogP contribution < -0.4 is 10.5 Å². The minimum Gasteiger partial charge on any atom is -0.384 e. The van der Waals surface area contributed by atoms with Crippen LogP contribution in [0.1, 0.15) is 5.56 Å². The van der Waals surface area contributed by atoms with E-state index in [0.29, 0.717) is 16.6 Å². The van der Waals surface area contributed by atoms with Crippen LogP contribution in [-0.2, 0) is 10.0 Å². The lowest BCUT2D eigenvalue weighted by Gasteiger charge is -2.11. The average Bonchev–Trinajstić information content (AvgIpc) is 2.55. The van der Waals surface area contributed by atoms with Gasteiger partial charge in [-0.2, -0.15) is 0 Å². The number of hydrogen-bond donors (Lipinski definition) is 3. The van der Waals surface area contributed by atoms with Crippen LogP contribution in [0.4, 0.5) is 5.69 Å². The molecule has 0 saturated heterocycles. The topological polar surface area (TPSA) is 96.0 Å². The fraction of sp³-hybridized carbons (Fsp3) is 0. The molecule has 0 aliphatic carbocycles. The SMILES string of the molecule is N=C(N)c1ccc2cccc(NS(=O)(=O)c3ccccc3)c2c1. The third-order valence-electron chi connectivity index (χ3n) is 3.49. The molecule has 0 radical (unpaired) electrons. The van der Waals surface area contributed by atoms with Gasteiger partial charge in [-0.25, -0.2) is 8.42 Å². The summed E-state index contributed by atoms with van der Waals surface area (Å²) >= 11 is 0. The minimum atomic E-state index is -3.67. The van der Waals surface area contributed by atoms with Crippen molar-refractivity contribution >= 4 is 32.3 Å². The molecule has 0 bridgehead atoms. The fourth-order valence-corrected chi connectivity index (χ4v) is 3.43. The van der Waals surface area contributed by atoms with Gasteiger partial charge in [0.25, 0.3) is 10.0 Å². The molecule has 0 heterocycles. The molecule has 0 atom stereocenters. The van der Waals surface area contributed by atoms with Crippen molar-refractivity contribution < 1.29 is 8.42 Å². The molecule has 0 unspecified atom stereocenters. The van der Waals surface area contributed by atoms with E-state index >= 15 is 0 Å². The van der Waals surface area contributed by atoms with Gasteiger partial charge in [0.1, 0.15) is 5.84 Å². The minimum absolute atomic E-state index is 0.0624. The molecule has 0 amide bonds. The van der Waals surface area contributed by atoms with Crippen LogP contribution in [0.5, 0.6) is 0 Å². The summed E-state index contributed by atoms with van der Waals surface area (Å²) in [6, 6.07) is 18.8. The predicted octanol–water partition coefficient (Wildman–Crippen LogP) is 2.92. The summed E-state index contributed by atoms with van der Waals surface area (Å²) in [5.41, 5.74) is 6.52. The summed E-state index contributed by atoms with van der Waals surface area (Å²) in [7, 11) is -3.67. The highest BCUT2D eigenvalue weighted by Crippen LogP contribution is 2.26. The number of nitrogens with two attached hydrogens (primary N) is 1. The van der Waals surface area contributed by atoms with Crippen molar-refractivity contribution in [2.75, 3.05) is 4.72 Å². The molecule has 6 heteroatoms. The van der Waals surface area contributed by atoms with Crippen LogP contribution in [0.3, 0.4) is 0 Å². The molecule has 0 aromatic heterocycles. The first kappa shape index (κ1) is 15.1. The van der Waals surface area contributed by atoms with Gasteiger partial charge in [0, 0.05) is 10.9 Å². The Hall–Kier alpha value is -2.86. The summed E-state index contributed by atoms with van der Waals surface area (Å²) in [4.78, 5) is 0.194. The first-order valence-electron chi connectivity index (χ1n) is 6.92. The van der Waals surface area contributed by atoms with Gasteiger partial charge in [-0.1, -0.05) is 42.5 Å². The second kappa shape index (κ2) is 5.73. The molecular formula is C17H15N3O2S. The number of hydrogen-bond acceptors (Lipinski definition) is 3. The van der Waals surface area contributed by atoms with E-state index in [0.717, 1.165) is 5.39 Å². The molecule has 5 nitrogen and oxygen atoms in total. The van der Waals surface area contributed by atoms with E-state index in [-0.39, 0.29) is 10.7 Å². The molecule has 0 aliphatic rings. The molecule has 0 aliphatic heterocycles. The van der Waals surface area contributed by atoms with Crippen LogP contribution in [0.15, 0.2) is 71.6 Å². The molecule has 0 spiro atoms. The van der Waals surface area contributed by atoms with E-state index in [4.69, 9.17) is 11.1 Å². The van der Waals surface area contributed by atoms with Crippen LogP contribution in [-0.4, -0.2) is 14.3 Å². The van der Waals surface area contributed by atoms with Gasteiger partial charge in [0.15, 0.2) is 0 Å². The van der Waals surface area contributed by atoms with E-state index in [1.54, 1.807) is 42.5 Å². The van der Waals surface area contributed by atoms with Crippen LogP contribution in [0, 0.1) is 5.41 Å². The molecule has 3 rings (SSSR count). The molecule has 23 heavy (non-hydrogen) atoms. The lowest BCUT2D eigenvalue weighted by Crippen LogP contribution is -2.13. The number of benzene rings is 3. The fourth-order valence-electron chi connectivity index (χ4n) is 2.33. The predicted molar refractivity (Wildman–Crippen MR) is 92.2 cm³/mol. The standard InChI is InChI=1S/C17H15N3O2S/c18-17(19)13-10-9-12-5-4-8-16(15(12)11-13)20-23(21,22)14-6-2-1-3-7-14/h1-11,20H,(H3,18,19). The van der Waals surface area contributed by atoms with Crippen molar-refractivity contribution in [1.29, 1.82) is 5.41 Å². The summed E-state index contributed by atoms with van der Waals surface area (Å²) in [5.74, 6) is -0.0624. The Kier molecular flexibility index (Phi) is 3.75. The number of fused-ring (bicyclic) bond motifs is 1. The summed E-state index contributed by atoms with van der Waals surface area (Å²) < 4.78 is 27.6. The third kappa shape index (κ3) is 3.02. The molecule has 3 aromatic carbocycles. The number of sulfonamides is 1. The monoisotopic (exact) mass is 325 g/mol. The summed E-state index contributed by atoms with van der Waals surface area (Å²) in [6.07, 6.45) is 0. The molecular weight excluding hydrogens is 310 g/mol. The maximum atomic E-state index is 12.5. The summed E-state index contributed by atoms with van der Waals surface area (Å²) in [6.45, 7) is 0. The van der Waals surface area contributed by atoms with Crippen LogP contribution in [0.25, 0.3) is 10.8 Å². The largest absolute Gasteiger partial charge is 0.384 e. The normalized spacial score (nSPS) is 11.3. The molecule has 4 N–H and O–H groups in total. The van der Waals surface area contributed by atoms with Gasteiger partial charge in [-0.3, -0.25) is 10.1 Å². The second-order valence-corrected chi connectivity index (χ2v) is 6.76. The van der Waals surface area contributed by atoms with Crippen LogP contribution in [0.2, 0.25) is 0 Å². The average molecular weight is 325 g/mol. The van der Waals surface area contributed by atoms with Crippen molar-refractivity contribution in [2.24, 2.45) is 5.73 Å². The van der Waals surface area contributed by atoms with Gasteiger partial charge >= 0.3 is 0 Å². The first-order chi connectivity index (χ1) is 11.0. The Bertz CT molecular complexity index is 983. The third-order valence-corrected chi connectivity index (χ3v) is 4.87. The van der Waals surface area contributed by atoms with Gasteiger partial charge < -0.3 is 5.73 Å². The van der Waals surface area contributed by atoms with Crippen molar-refractivity contribution in [3.8, 4) is 0 Å². The maximum absolute atomic E-state index is 12.5. The van der Waals surface area contributed by atoms with Crippen molar-refractivity contribution in [2.45, 2.75) is 4.90 Å². The number of anilines is 1. The molecule has 3 aromatic rings. The van der Waals surface area contributed by atoms with Gasteiger partial charge in [0.2, 0.25) is 0 Å². The Balaban J connectivity index is 2.10. The van der Waals surface area contributed by atoms with Gasteiger partial charge in [0.05, 0.1) is 10.6 Å². The van der Waals surface area contributed by atoms with E-state index < -0.39 is 10.0 Å². The number of rotatable bonds is 4. The Labute approximate surface area is 134 Å². The zero-order valence-electron chi connectivity index (χ0n) is 12.2. The number of nitrogens with one attached hydrogen (secondary N) is 2. The molecule has 0 saturated carbocycles.